The van der Waals surface area contributed by atoms with E-state index >= 15 is 0 Å². The van der Waals surface area contributed by atoms with Gasteiger partial charge in [-0.15, -0.1) is 0 Å². The normalized spacial score (nSPS) is 15.9. The van der Waals surface area contributed by atoms with Crippen molar-refractivity contribution in [3.63, 3.8) is 0 Å². The second kappa shape index (κ2) is 11.8. The minimum Gasteiger partial charge on any atom is -0.377 e. The lowest BCUT2D eigenvalue weighted by Crippen LogP contribution is -2.40. The fourth-order valence-electron chi connectivity index (χ4n) is 3.93. The summed E-state index contributed by atoms with van der Waals surface area (Å²) in [4.78, 5) is 29.2. The van der Waals surface area contributed by atoms with E-state index in [2.05, 4.69) is 24.5 Å². The van der Waals surface area contributed by atoms with Crippen molar-refractivity contribution < 1.29 is 14.3 Å². The zero-order valence-electron chi connectivity index (χ0n) is 19.2. The molecule has 1 aromatic rings. The van der Waals surface area contributed by atoms with Crippen LogP contribution in [0, 0.1) is 5.92 Å². The number of anilines is 2. The first-order chi connectivity index (χ1) is 14.4. The van der Waals surface area contributed by atoms with Gasteiger partial charge in [0.05, 0.1) is 6.10 Å². The van der Waals surface area contributed by atoms with E-state index in [1.807, 2.05) is 49.0 Å². The molecular formula is C23H38N4O3. The maximum atomic E-state index is 13.3. The Balaban J connectivity index is 2.30. The summed E-state index contributed by atoms with van der Waals surface area (Å²) in [7, 11) is 3.98. The molecule has 7 heteroatoms. The predicted octanol–water partition coefficient (Wildman–Crippen LogP) is 3.84. The molecule has 7 nitrogen and oxygen atoms in total. The summed E-state index contributed by atoms with van der Waals surface area (Å²) in [5.74, 6) is 0.202. The number of amides is 3. The van der Waals surface area contributed by atoms with Crippen LogP contribution >= 0.6 is 0 Å². The van der Waals surface area contributed by atoms with E-state index in [0.717, 1.165) is 43.5 Å². The molecule has 0 bridgehead atoms. The highest BCUT2D eigenvalue weighted by Gasteiger charge is 2.27. The number of benzene rings is 1. The molecule has 0 saturated carbocycles. The molecule has 168 valence electrons. The van der Waals surface area contributed by atoms with Gasteiger partial charge in [-0.2, -0.15) is 0 Å². The van der Waals surface area contributed by atoms with E-state index < -0.39 is 0 Å². The summed E-state index contributed by atoms with van der Waals surface area (Å²) in [5, 5.41) is 5.62. The Hall–Kier alpha value is -2.28. The van der Waals surface area contributed by atoms with Crippen molar-refractivity contribution in [2.45, 2.75) is 59.1 Å². The molecule has 1 aromatic carbocycles. The average molecular weight is 419 g/mol. The lowest BCUT2D eigenvalue weighted by Gasteiger charge is -2.30. The second-order valence-corrected chi connectivity index (χ2v) is 8.09. The van der Waals surface area contributed by atoms with Crippen LogP contribution in [0.2, 0.25) is 0 Å². The summed E-state index contributed by atoms with van der Waals surface area (Å²) < 4.78 is 5.83. The monoisotopic (exact) mass is 418 g/mol. The van der Waals surface area contributed by atoms with Gasteiger partial charge < -0.3 is 25.2 Å². The third-order valence-corrected chi connectivity index (χ3v) is 5.61. The van der Waals surface area contributed by atoms with Crippen LogP contribution in [0.5, 0.6) is 0 Å². The Kier molecular flexibility index (Phi) is 9.43. The Morgan fingerprint density at radius 3 is 2.50 bits per heavy atom. The van der Waals surface area contributed by atoms with Crippen LogP contribution in [0.1, 0.15) is 52.0 Å². The first kappa shape index (κ1) is 24.0. The lowest BCUT2D eigenvalue weighted by molar-refractivity contribution is -0.138. The number of carbonyl (C=O) groups excluding carboxylic acids is 2. The Bertz CT molecular complexity index is 698. The minimum atomic E-state index is -0.231. The number of nitrogens with zero attached hydrogens (tertiary/aromatic N) is 2. The van der Waals surface area contributed by atoms with Crippen LogP contribution in [-0.4, -0.2) is 56.7 Å². The quantitative estimate of drug-likeness (QED) is 0.605. The highest BCUT2D eigenvalue weighted by molar-refractivity contribution is 5.89. The number of rotatable bonds is 10. The number of hydrogen-bond donors (Lipinski definition) is 2. The van der Waals surface area contributed by atoms with Crippen LogP contribution in [0.3, 0.4) is 0 Å². The molecule has 1 aliphatic heterocycles. The van der Waals surface area contributed by atoms with Crippen molar-refractivity contribution in [1.82, 2.24) is 10.2 Å². The number of nitrogens with one attached hydrogen (secondary N) is 2. The first-order valence-corrected chi connectivity index (χ1v) is 11.1. The molecule has 1 atom stereocenters. The van der Waals surface area contributed by atoms with Crippen LogP contribution in [0.15, 0.2) is 18.2 Å². The van der Waals surface area contributed by atoms with Crippen LogP contribution in [-0.2, 0) is 16.1 Å². The standard InChI is InChI=1S/C23H38N4O3/c1-6-17(7-2)22(28)27(16-20-10-9-13-30-20)15-18-14-19(25-23(29)24-8-3)11-12-21(18)26(4)5/h11-12,14,17,20H,6-10,13,15-16H2,1-5H3,(H2,24,25,29)/t20-/m0/s1. The van der Waals surface area contributed by atoms with Gasteiger partial charge >= 0.3 is 6.03 Å². The van der Waals surface area contributed by atoms with E-state index in [1.54, 1.807) is 0 Å². The van der Waals surface area contributed by atoms with Crippen molar-refractivity contribution in [3.05, 3.63) is 23.8 Å². The van der Waals surface area contributed by atoms with Crippen molar-refractivity contribution in [3.8, 4) is 0 Å². The number of urea groups is 1. The summed E-state index contributed by atoms with van der Waals surface area (Å²) in [6.07, 6.45) is 3.80. The molecule has 1 heterocycles. The van der Waals surface area contributed by atoms with Gasteiger partial charge in [0, 0.05) is 57.6 Å². The molecule has 0 aliphatic carbocycles. The molecular weight excluding hydrogens is 380 g/mol. The first-order valence-electron chi connectivity index (χ1n) is 11.1. The smallest absolute Gasteiger partial charge is 0.319 e. The molecule has 1 fully saturated rings. The molecule has 2 N–H and O–H groups in total. The maximum absolute atomic E-state index is 13.3. The van der Waals surface area contributed by atoms with Gasteiger partial charge in [0.15, 0.2) is 0 Å². The number of hydrogen-bond acceptors (Lipinski definition) is 4. The number of ether oxygens (including phenoxy) is 1. The molecule has 2 rings (SSSR count). The molecule has 0 radical (unpaired) electrons. The maximum Gasteiger partial charge on any atom is 0.319 e. The Morgan fingerprint density at radius 2 is 1.93 bits per heavy atom. The van der Waals surface area contributed by atoms with Gasteiger partial charge in [-0.1, -0.05) is 13.8 Å². The molecule has 1 aliphatic rings. The summed E-state index contributed by atoms with van der Waals surface area (Å²) in [6, 6.07) is 5.61. The van der Waals surface area contributed by atoms with E-state index in [9.17, 15) is 9.59 Å². The largest absolute Gasteiger partial charge is 0.377 e. The third-order valence-electron chi connectivity index (χ3n) is 5.61. The predicted molar refractivity (Wildman–Crippen MR) is 122 cm³/mol. The van der Waals surface area contributed by atoms with Gasteiger partial charge in [0.2, 0.25) is 5.91 Å². The van der Waals surface area contributed by atoms with E-state index in [-0.39, 0.29) is 24.0 Å². The highest BCUT2D eigenvalue weighted by atomic mass is 16.5. The minimum absolute atomic E-state index is 0.0193. The summed E-state index contributed by atoms with van der Waals surface area (Å²) >= 11 is 0. The zero-order chi connectivity index (χ0) is 22.1. The van der Waals surface area contributed by atoms with Crippen LogP contribution < -0.4 is 15.5 Å². The van der Waals surface area contributed by atoms with Crippen molar-refractivity contribution in [2.75, 3.05) is 44.0 Å². The molecule has 30 heavy (non-hydrogen) atoms. The molecule has 0 spiro atoms. The molecule has 0 aromatic heterocycles. The van der Waals surface area contributed by atoms with Crippen molar-refractivity contribution in [2.24, 2.45) is 5.92 Å². The molecule has 3 amide bonds. The van der Waals surface area contributed by atoms with Crippen molar-refractivity contribution >= 4 is 23.3 Å². The highest BCUT2D eigenvalue weighted by Crippen LogP contribution is 2.27. The average Bonchev–Trinajstić information content (AvgIpc) is 3.21. The Labute approximate surface area is 181 Å². The van der Waals surface area contributed by atoms with Crippen molar-refractivity contribution in [1.29, 1.82) is 0 Å². The van der Waals surface area contributed by atoms with Gasteiger partial charge in [0.1, 0.15) is 0 Å². The SMILES string of the molecule is CCNC(=O)Nc1ccc(N(C)C)c(CN(C[C@@H]2CCCO2)C(=O)C(CC)CC)c1. The van der Waals surface area contributed by atoms with Crippen LogP contribution in [0.25, 0.3) is 0 Å². The fraction of sp³-hybridized carbons (Fsp3) is 0.652. The van der Waals surface area contributed by atoms with E-state index in [0.29, 0.717) is 25.3 Å². The Morgan fingerprint density at radius 1 is 1.20 bits per heavy atom. The fourth-order valence-corrected chi connectivity index (χ4v) is 3.93. The van der Waals surface area contributed by atoms with Crippen LogP contribution in [0.4, 0.5) is 16.2 Å². The number of carbonyl (C=O) groups is 2. The van der Waals surface area contributed by atoms with E-state index in [1.165, 1.54) is 0 Å². The van der Waals surface area contributed by atoms with Gasteiger partial charge in [0.25, 0.3) is 0 Å². The third kappa shape index (κ3) is 6.62. The van der Waals surface area contributed by atoms with E-state index in [4.69, 9.17) is 4.74 Å². The molecule has 0 unspecified atom stereocenters. The second-order valence-electron chi connectivity index (χ2n) is 8.09. The van der Waals surface area contributed by atoms with Gasteiger partial charge in [-0.3, -0.25) is 4.79 Å². The topological polar surface area (TPSA) is 73.9 Å². The van der Waals surface area contributed by atoms with Gasteiger partial charge in [-0.25, -0.2) is 4.79 Å². The van der Waals surface area contributed by atoms with Gasteiger partial charge in [-0.05, 0) is 56.4 Å². The summed E-state index contributed by atoms with van der Waals surface area (Å²) in [5.41, 5.74) is 2.76. The lowest BCUT2D eigenvalue weighted by atomic mass is 10.0. The zero-order valence-corrected chi connectivity index (χ0v) is 19.2. The summed E-state index contributed by atoms with van der Waals surface area (Å²) in [6.45, 7) is 8.45. The molecule has 1 saturated heterocycles.